The molecule has 0 spiro atoms. The van der Waals surface area contributed by atoms with Gasteiger partial charge in [0.15, 0.2) is 0 Å². The van der Waals surface area contributed by atoms with Crippen LogP contribution in [-0.4, -0.2) is 29.2 Å². The van der Waals surface area contributed by atoms with Gasteiger partial charge in [-0.2, -0.15) is 0 Å². The Hall–Kier alpha value is -0.480. The highest BCUT2D eigenvalue weighted by Gasteiger charge is 2.00. The number of rotatable bonds is 7. The molecule has 0 rings (SSSR count). The fourth-order valence-electron chi connectivity index (χ4n) is 0.667. The number of carboxylic acids is 1. The normalized spacial score (nSPS) is 9.56. The van der Waals surface area contributed by atoms with E-state index >= 15 is 0 Å². The Bertz CT molecular complexity index is 190. The number of carbonyl (C=O) groups is 1. The third kappa shape index (κ3) is 13.5. The molecule has 16 heavy (non-hydrogen) atoms. The summed E-state index contributed by atoms with van der Waals surface area (Å²) in [5.41, 5.74) is 0.299. The molecule has 0 bridgehead atoms. The first-order chi connectivity index (χ1) is 7.49. The van der Waals surface area contributed by atoms with Crippen molar-refractivity contribution in [1.29, 1.82) is 0 Å². The highest BCUT2D eigenvalue weighted by atomic mass is 31.2. The predicted molar refractivity (Wildman–Crippen MR) is 64.1 cm³/mol. The van der Waals surface area contributed by atoms with Crippen molar-refractivity contribution in [3.05, 3.63) is 12.2 Å². The van der Waals surface area contributed by atoms with Gasteiger partial charge in [-0.15, -0.1) is 0 Å². The molecule has 0 aliphatic carbocycles. The summed E-state index contributed by atoms with van der Waals surface area (Å²) < 4.78 is 9.36. The average molecular weight is 252 g/mol. The summed E-state index contributed by atoms with van der Waals surface area (Å²) in [6, 6.07) is 0. The maximum Gasteiger partial charge on any atom is 0.330 e. The van der Waals surface area contributed by atoms with Crippen LogP contribution >= 0.6 is 8.60 Å². The molecule has 0 atom stereocenters. The van der Waals surface area contributed by atoms with Crippen LogP contribution in [0.25, 0.3) is 0 Å². The van der Waals surface area contributed by atoms with E-state index in [-0.39, 0.29) is 0 Å². The van der Waals surface area contributed by atoms with Gasteiger partial charge in [-0.1, -0.05) is 19.9 Å². The number of hydrogen-bond donors (Lipinski definition) is 2. The van der Waals surface area contributed by atoms with E-state index < -0.39 is 14.6 Å². The van der Waals surface area contributed by atoms with Crippen LogP contribution in [0.2, 0.25) is 0 Å². The number of aliphatic carboxylic acids is 1. The lowest BCUT2D eigenvalue weighted by atomic mass is 10.2. The Kier molecular flexibility index (Phi) is 14.1. The smallest absolute Gasteiger partial charge is 0.330 e. The molecule has 6 heteroatoms. The van der Waals surface area contributed by atoms with E-state index in [2.05, 4.69) is 15.6 Å². The molecule has 0 saturated carbocycles. The van der Waals surface area contributed by atoms with Crippen LogP contribution in [0.1, 0.15) is 33.6 Å². The molecule has 0 aromatic rings. The van der Waals surface area contributed by atoms with Crippen molar-refractivity contribution >= 4 is 14.6 Å². The van der Waals surface area contributed by atoms with Gasteiger partial charge in [0.1, 0.15) is 0 Å². The van der Waals surface area contributed by atoms with E-state index in [0.29, 0.717) is 25.2 Å². The van der Waals surface area contributed by atoms with E-state index in [4.69, 9.17) is 10.00 Å². The molecule has 0 radical (unpaired) electrons. The van der Waals surface area contributed by atoms with Crippen molar-refractivity contribution in [1.82, 2.24) is 0 Å². The van der Waals surface area contributed by atoms with Gasteiger partial charge in [0.25, 0.3) is 0 Å². The minimum absolute atomic E-state index is 0.299. The Morgan fingerprint density at radius 2 is 1.69 bits per heavy atom. The topological polar surface area (TPSA) is 76.0 Å². The lowest BCUT2D eigenvalue weighted by Crippen LogP contribution is -1.97. The molecule has 0 fully saturated rings. The molecule has 0 unspecified atom stereocenters. The molecule has 0 aromatic carbocycles. The van der Waals surface area contributed by atoms with Gasteiger partial charge in [-0.05, 0) is 20.3 Å². The summed E-state index contributed by atoms with van der Waals surface area (Å²) in [5.74, 6) is -0.883. The second-order valence-corrected chi connectivity index (χ2v) is 3.72. The minimum atomic E-state index is -1.58. The number of carboxylic acid groups (broad SMARTS) is 1. The van der Waals surface area contributed by atoms with Crippen molar-refractivity contribution < 1.29 is 23.8 Å². The van der Waals surface area contributed by atoms with Crippen molar-refractivity contribution in [3.8, 4) is 0 Å². The SMILES string of the molecule is C=C(CCC)C(=O)O.CCOP(O)OCC. The van der Waals surface area contributed by atoms with Gasteiger partial charge < -0.3 is 19.0 Å². The van der Waals surface area contributed by atoms with Gasteiger partial charge in [-0.3, -0.25) is 0 Å². The van der Waals surface area contributed by atoms with Crippen LogP contribution in [0.3, 0.4) is 0 Å². The predicted octanol–water partition coefficient (Wildman–Crippen LogP) is 2.71. The van der Waals surface area contributed by atoms with E-state index in [1.54, 1.807) is 0 Å². The molecule has 96 valence electrons. The highest BCUT2D eigenvalue weighted by molar-refractivity contribution is 7.40. The molecule has 0 heterocycles. The maximum absolute atomic E-state index is 9.99. The van der Waals surface area contributed by atoms with Crippen molar-refractivity contribution in [2.45, 2.75) is 33.6 Å². The summed E-state index contributed by atoms with van der Waals surface area (Å²) in [6.07, 6.45) is 1.44. The standard InChI is InChI=1S/C6H10O2.C4H11O3P/c1-3-4-5(2)6(7)8;1-3-6-8(5)7-4-2/h2-4H2,1H3,(H,7,8);5H,3-4H2,1-2H3. The average Bonchev–Trinajstić information content (AvgIpc) is 2.19. The Morgan fingerprint density at radius 3 is 1.88 bits per heavy atom. The van der Waals surface area contributed by atoms with E-state index in [1.165, 1.54) is 0 Å². The first kappa shape index (κ1) is 17.9. The molecule has 0 amide bonds. The van der Waals surface area contributed by atoms with Crippen LogP contribution in [0, 0.1) is 0 Å². The first-order valence-corrected chi connectivity index (χ1v) is 6.28. The van der Waals surface area contributed by atoms with Gasteiger partial charge in [-0.25, -0.2) is 4.79 Å². The zero-order chi connectivity index (χ0) is 13.0. The Morgan fingerprint density at radius 1 is 1.25 bits per heavy atom. The van der Waals surface area contributed by atoms with Gasteiger partial charge in [0.2, 0.25) is 0 Å². The van der Waals surface area contributed by atoms with E-state index in [0.717, 1.165) is 6.42 Å². The largest absolute Gasteiger partial charge is 0.478 e. The summed E-state index contributed by atoms with van der Waals surface area (Å²) in [5, 5.41) is 8.21. The van der Waals surface area contributed by atoms with Gasteiger partial charge in [0, 0.05) is 5.57 Å². The highest BCUT2D eigenvalue weighted by Crippen LogP contribution is 2.31. The molecule has 0 aromatic heterocycles. The lowest BCUT2D eigenvalue weighted by molar-refractivity contribution is -0.132. The second kappa shape index (κ2) is 12.6. The van der Waals surface area contributed by atoms with Crippen molar-refractivity contribution in [3.63, 3.8) is 0 Å². The summed E-state index contributed by atoms with van der Waals surface area (Å²) in [7, 11) is -1.58. The molecular weight excluding hydrogens is 231 g/mol. The molecule has 2 N–H and O–H groups in total. The fraction of sp³-hybridized carbons (Fsp3) is 0.700. The second-order valence-electron chi connectivity index (χ2n) is 2.73. The van der Waals surface area contributed by atoms with Crippen LogP contribution in [-0.2, 0) is 13.8 Å². The molecule has 5 nitrogen and oxygen atoms in total. The third-order valence-electron chi connectivity index (χ3n) is 1.33. The zero-order valence-corrected chi connectivity index (χ0v) is 11.0. The first-order valence-electron chi connectivity index (χ1n) is 5.15. The van der Waals surface area contributed by atoms with Crippen molar-refractivity contribution in [2.24, 2.45) is 0 Å². The molecule has 0 aliphatic heterocycles. The van der Waals surface area contributed by atoms with E-state index in [1.807, 2.05) is 20.8 Å². The van der Waals surface area contributed by atoms with Crippen LogP contribution < -0.4 is 0 Å². The monoisotopic (exact) mass is 252 g/mol. The lowest BCUT2D eigenvalue weighted by Gasteiger charge is -2.05. The third-order valence-corrected chi connectivity index (χ3v) is 2.29. The summed E-state index contributed by atoms with van der Waals surface area (Å²) >= 11 is 0. The van der Waals surface area contributed by atoms with Crippen LogP contribution in [0.15, 0.2) is 12.2 Å². The van der Waals surface area contributed by atoms with Crippen molar-refractivity contribution in [2.75, 3.05) is 13.2 Å². The Balaban J connectivity index is 0. The maximum atomic E-state index is 9.99. The Labute approximate surface area is 98.1 Å². The van der Waals surface area contributed by atoms with Gasteiger partial charge in [0.05, 0.1) is 13.2 Å². The van der Waals surface area contributed by atoms with E-state index in [9.17, 15) is 4.79 Å². The summed E-state index contributed by atoms with van der Waals surface area (Å²) in [6.45, 7) is 9.89. The number of hydrogen-bond acceptors (Lipinski definition) is 4. The summed E-state index contributed by atoms with van der Waals surface area (Å²) in [4.78, 5) is 18.7. The van der Waals surface area contributed by atoms with Crippen LogP contribution in [0.5, 0.6) is 0 Å². The quantitative estimate of drug-likeness (QED) is 0.538. The molecular formula is C10H21O5P. The molecule has 0 saturated heterocycles. The molecule has 0 aliphatic rings. The zero-order valence-electron chi connectivity index (χ0n) is 10.1. The fourth-order valence-corrected chi connectivity index (χ4v) is 1.18. The van der Waals surface area contributed by atoms with Crippen LogP contribution in [0.4, 0.5) is 0 Å². The van der Waals surface area contributed by atoms with Gasteiger partial charge >= 0.3 is 14.6 Å². The minimum Gasteiger partial charge on any atom is -0.478 e.